The van der Waals surface area contributed by atoms with E-state index >= 15 is 0 Å². The number of hydrogen-bond donors (Lipinski definition) is 2. The molecule has 0 aliphatic heterocycles. The van der Waals surface area contributed by atoms with Crippen molar-refractivity contribution in [3.63, 3.8) is 0 Å². The molecular weight excluding hydrogens is 219 g/mol. The van der Waals surface area contributed by atoms with Crippen LogP contribution in [0.4, 0.5) is 10.1 Å². The Morgan fingerprint density at radius 2 is 2.24 bits per heavy atom. The second kappa shape index (κ2) is 5.02. The fraction of sp³-hybridized carbons (Fsp3) is 0.538. The molecule has 1 fully saturated rings. The van der Waals surface area contributed by atoms with Crippen LogP contribution in [0, 0.1) is 5.82 Å². The molecule has 2 rings (SSSR count). The number of rotatable bonds is 5. The van der Waals surface area contributed by atoms with Crippen molar-refractivity contribution in [1.29, 1.82) is 0 Å². The Morgan fingerprint density at radius 1 is 1.53 bits per heavy atom. The van der Waals surface area contributed by atoms with Crippen molar-refractivity contribution in [1.82, 2.24) is 0 Å². The third-order valence-electron chi connectivity index (χ3n) is 3.12. The summed E-state index contributed by atoms with van der Waals surface area (Å²) in [4.78, 5) is 1.95. The van der Waals surface area contributed by atoms with Crippen molar-refractivity contribution in [3.8, 4) is 0 Å². The van der Waals surface area contributed by atoms with E-state index in [1.807, 2.05) is 17.9 Å². The summed E-state index contributed by atoms with van der Waals surface area (Å²) in [5.41, 5.74) is 7.26. The Labute approximate surface area is 101 Å². The van der Waals surface area contributed by atoms with Gasteiger partial charge in [0.05, 0.1) is 12.3 Å². The second-order valence-electron chi connectivity index (χ2n) is 4.61. The number of aliphatic hydroxyl groups excluding tert-OH is 1. The Bertz CT molecular complexity index is 391. The van der Waals surface area contributed by atoms with Crippen molar-refractivity contribution in [2.45, 2.75) is 31.8 Å². The Kier molecular flexibility index (Phi) is 3.64. The Hall–Kier alpha value is -1.13. The van der Waals surface area contributed by atoms with Gasteiger partial charge in [-0.2, -0.15) is 0 Å². The van der Waals surface area contributed by atoms with E-state index in [0.717, 1.165) is 18.4 Å². The van der Waals surface area contributed by atoms with E-state index in [-0.39, 0.29) is 18.5 Å². The lowest BCUT2D eigenvalue weighted by Crippen LogP contribution is -2.31. The lowest BCUT2D eigenvalue weighted by molar-refractivity contribution is 0.301. The molecule has 3 nitrogen and oxygen atoms in total. The molecule has 0 amide bonds. The molecule has 4 heteroatoms. The molecule has 0 bridgehead atoms. The average molecular weight is 238 g/mol. The van der Waals surface area contributed by atoms with E-state index in [2.05, 4.69) is 0 Å². The molecule has 3 N–H and O–H groups in total. The van der Waals surface area contributed by atoms with Crippen molar-refractivity contribution in [2.75, 3.05) is 18.1 Å². The van der Waals surface area contributed by atoms with Crippen LogP contribution in [0.5, 0.6) is 0 Å². The summed E-state index contributed by atoms with van der Waals surface area (Å²) in [6.07, 6.45) is 2.12. The highest BCUT2D eigenvalue weighted by Gasteiger charge is 2.32. The summed E-state index contributed by atoms with van der Waals surface area (Å²) >= 11 is 0. The third kappa shape index (κ3) is 2.58. The first kappa shape index (κ1) is 12.3. The molecule has 0 saturated heterocycles. The summed E-state index contributed by atoms with van der Waals surface area (Å²) in [6.45, 7) is 2.34. The first-order valence-corrected chi connectivity index (χ1v) is 6.06. The number of aliphatic hydroxyl groups is 1. The van der Waals surface area contributed by atoms with Gasteiger partial charge in [0.1, 0.15) is 5.82 Å². The van der Waals surface area contributed by atoms with Gasteiger partial charge < -0.3 is 15.7 Å². The fourth-order valence-corrected chi connectivity index (χ4v) is 2.17. The minimum atomic E-state index is -0.250. The Morgan fingerprint density at radius 3 is 2.76 bits per heavy atom. The molecule has 0 spiro atoms. The highest BCUT2D eigenvalue weighted by Crippen LogP contribution is 2.36. The molecule has 0 aromatic heterocycles. The topological polar surface area (TPSA) is 49.5 Å². The van der Waals surface area contributed by atoms with Gasteiger partial charge >= 0.3 is 0 Å². The maximum atomic E-state index is 14.0. The minimum Gasteiger partial charge on any atom is -0.395 e. The highest BCUT2D eigenvalue weighted by atomic mass is 19.1. The van der Waals surface area contributed by atoms with Crippen LogP contribution in [0.3, 0.4) is 0 Å². The molecule has 94 valence electrons. The van der Waals surface area contributed by atoms with Gasteiger partial charge in [-0.1, -0.05) is 12.1 Å². The first-order valence-electron chi connectivity index (χ1n) is 6.06. The van der Waals surface area contributed by atoms with Gasteiger partial charge in [-0.25, -0.2) is 4.39 Å². The van der Waals surface area contributed by atoms with Gasteiger partial charge in [0.15, 0.2) is 0 Å². The van der Waals surface area contributed by atoms with Crippen LogP contribution in [-0.4, -0.2) is 24.3 Å². The summed E-state index contributed by atoms with van der Waals surface area (Å²) in [5, 5.41) is 9.10. The SMILES string of the molecule is CC(N)c1cccc(F)c1N(CCO)C1CC1. The molecule has 0 radical (unpaired) electrons. The van der Waals surface area contributed by atoms with Gasteiger partial charge in [-0.15, -0.1) is 0 Å². The number of benzene rings is 1. The number of anilines is 1. The predicted molar refractivity (Wildman–Crippen MR) is 66.5 cm³/mol. The van der Waals surface area contributed by atoms with Crippen LogP contribution in [0.1, 0.15) is 31.4 Å². The summed E-state index contributed by atoms with van der Waals surface area (Å²) < 4.78 is 14.0. The zero-order valence-electron chi connectivity index (χ0n) is 10.1. The highest BCUT2D eigenvalue weighted by molar-refractivity contribution is 5.57. The number of halogens is 1. The molecule has 1 saturated carbocycles. The number of para-hydroxylation sites is 1. The summed E-state index contributed by atoms with van der Waals surface area (Å²) in [6, 6.07) is 5.14. The second-order valence-corrected chi connectivity index (χ2v) is 4.61. The van der Waals surface area contributed by atoms with Crippen LogP contribution in [-0.2, 0) is 0 Å². The molecule has 17 heavy (non-hydrogen) atoms. The van der Waals surface area contributed by atoms with Crippen LogP contribution in [0.15, 0.2) is 18.2 Å². The van der Waals surface area contributed by atoms with Crippen LogP contribution in [0.2, 0.25) is 0 Å². The van der Waals surface area contributed by atoms with Crippen LogP contribution < -0.4 is 10.6 Å². The monoisotopic (exact) mass is 238 g/mol. The summed E-state index contributed by atoms with van der Waals surface area (Å²) in [7, 11) is 0. The van der Waals surface area contributed by atoms with Crippen LogP contribution >= 0.6 is 0 Å². The van der Waals surface area contributed by atoms with Gasteiger partial charge in [0, 0.05) is 18.6 Å². The van der Waals surface area contributed by atoms with E-state index in [4.69, 9.17) is 10.8 Å². The number of nitrogens with zero attached hydrogens (tertiary/aromatic N) is 1. The lowest BCUT2D eigenvalue weighted by atomic mass is 10.1. The largest absolute Gasteiger partial charge is 0.395 e. The maximum absolute atomic E-state index is 14.0. The molecule has 1 aromatic carbocycles. The smallest absolute Gasteiger partial charge is 0.146 e. The van der Waals surface area contributed by atoms with Gasteiger partial charge in [0.25, 0.3) is 0 Å². The minimum absolute atomic E-state index is 0.0310. The summed E-state index contributed by atoms with van der Waals surface area (Å²) in [5.74, 6) is -0.250. The molecular formula is C13H19FN2O. The molecule has 0 heterocycles. The third-order valence-corrected chi connectivity index (χ3v) is 3.12. The molecule has 1 atom stereocenters. The molecule has 1 aromatic rings. The maximum Gasteiger partial charge on any atom is 0.146 e. The van der Waals surface area contributed by atoms with E-state index in [1.165, 1.54) is 6.07 Å². The standard InChI is InChI=1S/C13H19FN2O/c1-9(15)11-3-2-4-12(14)13(11)16(7-8-17)10-5-6-10/h2-4,9-10,17H,5-8,15H2,1H3. The molecule has 1 unspecified atom stereocenters. The Balaban J connectivity index is 2.39. The molecule has 1 aliphatic carbocycles. The van der Waals surface area contributed by atoms with Crippen molar-refractivity contribution >= 4 is 5.69 Å². The average Bonchev–Trinajstić information content (AvgIpc) is 3.10. The zero-order chi connectivity index (χ0) is 12.4. The lowest BCUT2D eigenvalue weighted by Gasteiger charge is -2.28. The van der Waals surface area contributed by atoms with Gasteiger partial charge in [-0.3, -0.25) is 0 Å². The normalized spacial score (nSPS) is 16.9. The van der Waals surface area contributed by atoms with Crippen molar-refractivity contribution in [3.05, 3.63) is 29.6 Å². The predicted octanol–water partition coefficient (Wildman–Crippen LogP) is 1.81. The number of hydrogen-bond acceptors (Lipinski definition) is 3. The quantitative estimate of drug-likeness (QED) is 0.822. The van der Waals surface area contributed by atoms with Crippen molar-refractivity contribution in [2.24, 2.45) is 5.73 Å². The zero-order valence-corrected chi connectivity index (χ0v) is 10.1. The van der Waals surface area contributed by atoms with Gasteiger partial charge in [-0.05, 0) is 31.4 Å². The van der Waals surface area contributed by atoms with E-state index < -0.39 is 0 Å². The van der Waals surface area contributed by atoms with E-state index in [1.54, 1.807) is 6.07 Å². The first-order chi connectivity index (χ1) is 8.15. The van der Waals surface area contributed by atoms with Crippen molar-refractivity contribution < 1.29 is 9.50 Å². The fourth-order valence-electron chi connectivity index (χ4n) is 2.17. The van der Waals surface area contributed by atoms with Crippen LogP contribution in [0.25, 0.3) is 0 Å². The molecule has 1 aliphatic rings. The van der Waals surface area contributed by atoms with E-state index in [0.29, 0.717) is 18.3 Å². The van der Waals surface area contributed by atoms with Gasteiger partial charge in [0.2, 0.25) is 0 Å². The van der Waals surface area contributed by atoms with E-state index in [9.17, 15) is 4.39 Å². The number of nitrogens with two attached hydrogens (primary N) is 1.